The smallest absolute Gasteiger partial charge is 0.123 e. The van der Waals surface area contributed by atoms with Crippen molar-refractivity contribution in [3.05, 3.63) is 35.1 Å². The molecule has 1 N–H and O–H groups in total. The molecule has 19 heavy (non-hydrogen) atoms. The Labute approximate surface area is 116 Å². The van der Waals surface area contributed by atoms with Crippen molar-refractivity contribution in [2.24, 2.45) is 11.8 Å². The van der Waals surface area contributed by atoms with Gasteiger partial charge in [-0.25, -0.2) is 4.39 Å². The molecule has 2 rings (SSSR count). The molecule has 2 atom stereocenters. The highest BCUT2D eigenvalue weighted by Gasteiger charge is 2.29. The van der Waals surface area contributed by atoms with E-state index < -0.39 is 0 Å². The molecule has 2 unspecified atom stereocenters. The van der Waals surface area contributed by atoms with E-state index in [2.05, 4.69) is 26.1 Å². The first kappa shape index (κ1) is 14.5. The molecule has 1 aromatic rings. The van der Waals surface area contributed by atoms with Gasteiger partial charge in [-0.2, -0.15) is 0 Å². The summed E-state index contributed by atoms with van der Waals surface area (Å²) < 4.78 is 13.5. The molecule has 1 aromatic carbocycles. The minimum atomic E-state index is -0.0959. The first-order valence-corrected chi connectivity index (χ1v) is 7.54. The molecule has 0 saturated heterocycles. The fourth-order valence-corrected chi connectivity index (χ4v) is 3.26. The van der Waals surface area contributed by atoms with Gasteiger partial charge in [-0.3, -0.25) is 0 Å². The lowest BCUT2D eigenvalue weighted by molar-refractivity contribution is 0.423. The Hall–Kier alpha value is -0.890. The highest BCUT2D eigenvalue weighted by Crippen LogP contribution is 2.40. The number of hydrogen-bond donors (Lipinski definition) is 1. The van der Waals surface area contributed by atoms with Gasteiger partial charge in [0.15, 0.2) is 0 Å². The van der Waals surface area contributed by atoms with Gasteiger partial charge in [0, 0.05) is 0 Å². The van der Waals surface area contributed by atoms with Crippen LogP contribution in [0.5, 0.6) is 0 Å². The lowest BCUT2D eigenvalue weighted by Gasteiger charge is -2.22. The highest BCUT2D eigenvalue weighted by atomic mass is 19.1. The molecule has 1 saturated carbocycles. The van der Waals surface area contributed by atoms with E-state index in [0.717, 1.165) is 13.1 Å². The summed E-state index contributed by atoms with van der Waals surface area (Å²) in [4.78, 5) is 0. The molecule has 1 aliphatic carbocycles. The number of aryl methyl sites for hydroxylation is 1. The number of halogens is 1. The van der Waals surface area contributed by atoms with E-state index in [1.807, 2.05) is 6.07 Å². The van der Waals surface area contributed by atoms with Gasteiger partial charge in [0.2, 0.25) is 0 Å². The molecule has 2 heteroatoms. The van der Waals surface area contributed by atoms with Crippen LogP contribution in [0.1, 0.15) is 50.2 Å². The average Bonchev–Trinajstić information content (AvgIpc) is 2.80. The summed E-state index contributed by atoms with van der Waals surface area (Å²) >= 11 is 0. The predicted octanol–water partition coefficient (Wildman–Crippen LogP) is 4.26. The summed E-state index contributed by atoms with van der Waals surface area (Å²) in [6, 6.07) is 5.24. The van der Waals surface area contributed by atoms with E-state index in [4.69, 9.17) is 0 Å². The maximum absolute atomic E-state index is 13.5. The predicted molar refractivity (Wildman–Crippen MR) is 78.9 cm³/mol. The monoisotopic (exact) mass is 263 g/mol. The second kappa shape index (κ2) is 6.51. The minimum absolute atomic E-state index is 0.0959. The van der Waals surface area contributed by atoms with Crippen molar-refractivity contribution in [2.45, 2.75) is 46.0 Å². The second-order valence-electron chi connectivity index (χ2n) is 6.35. The van der Waals surface area contributed by atoms with Gasteiger partial charge in [0.05, 0.1) is 0 Å². The van der Waals surface area contributed by atoms with E-state index in [1.54, 1.807) is 12.1 Å². The van der Waals surface area contributed by atoms with E-state index in [0.29, 0.717) is 17.8 Å². The maximum Gasteiger partial charge on any atom is 0.123 e. The van der Waals surface area contributed by atoms with Crippen LogP contribution < -0.4 is 5.32 Å². The Kier molecular flexibility index (Phi) is 4.98. The van der Waals surface area contributed by atoms with Gasteiger partial charge in [0.25, 0.3) is 0 Å². The fraction of sp³-hybridized carbons (Fsp3) is 0.647. The van der Waals surface area contributed by atoms with Crippen LogP contribution in [-0.2, 0) is 0 Å². The van der Waals surface area contributed by atoms with Crippen LogP contribution in [0.25, 0.3) is 0 Å². The number of benzene rings is 1. The molecular formula is C17H26FN. The van der Waals surface area contributed by atoms with Crippen LogP contribution in [0.2, 0.25) is 0 Å². The third-order valence-corrected chi connectivity index (χ3v) is 4.26. The molecule has 0 heterocycles. The van der Waals surface area contributed by atoms with Crippen molar-refractivity contribution in [3.8, 4) is 0 Å². The van der Waals surface area contributed by atoms with Crippen LogP contribution in [0, 0.1) is 24.6 Å². The van der Waals surface area contributed by atoms with E-state index >= 15 is 0 Å². The van der Waals surface area contributed by atoms with Crippen molar-refractivity contribution < 1.29 is 4.39 Å². The zero-order valence-electron chi connectivity index (χ0n) is 12.4. The summed E-state index contributed by atoms with van der Waals surface area (Å²) in [5.41, 5.74) is 2.47. The van der Waals surface area contributed by atoms with Crippen molar-refractivity contribution in [2.75, 3.05) is 13.1 Å². The molecule has 1 fully saturated rings. The van der Waals surface area contributed by atoms with E-state index in [-0.39, 0.29) is 5.82 Å². The summed E-state index contributed by atoms with van der Waals surface area (Å²) in [5, 5.41) is 3.57. The average molecular weight is 263 g/mol. The maximum atomic E-state index is 13.5. The van der Waals surface area contributed by atoms with Crippen LogP contribution in [0.15, 0.2) is 18.2 Å². The Balaban J connectivity index is 2.03. The Morgan fingerprint density at radius 1 is 1.32 bits per heavy atom. The SMILES string of the molecule is Cc1ccc(F)cc1C1CCCC1CNCC(C)C. The van der Waals surface area contributed by atoms with E-state index in [9.17, 15) is 4.39 Å². The summed E-state index contributed by atoms with van der Waals surface area (Å²) in [6.45, 7) is 8.71. The molecule has 0 amide bonds. The standard InChI is InChI=1S/C17H26FN/c1-12(2)10-19-11-14-5-4-6-16(14)17-9-15(18)8-7-13(17)3/h7-9,12,14,16,19H,4-6,10-11H2,1-3H3. The molecule has 0 aromatic heterocycles. The van der Waals surface area contributed by atoms with Crippen LogP contribution in [0.3, 0.4) is 0 Å². The molecule has 1 aliphatic rings. The lowest BCUT2D eigenvalue weighted by Crippen LogP contribution is -2.27. The number of nitrogens with one attached hydrogen (secondary N) is 1. The Morgan fingerprint density at radius 3 is 2.84 bits per heavy atom. The fourth-order valence-electron chi connectivity index (χ4n) is 3.26. The molecule has 0 radical (unpaired) electrons. The normalized spacial score (nSPS) is 23.2. The summed E-state index contributed by atoms with van der Waals surface area (Å²) in [6.07, 6.45) is 3.75. The molecule has 0 bridgehead atoms. The zero-order chi connectivity index (χ0) is 13.8. The topological polar surface area (TPSA) is 12.0 Å². The van der Waals surface area contributed by atoms with Crippen molar-refractivity contribution in [1.82, 2.24) is 5.32 Å². The van der Waals surface area contributed by atoms with Gasteiger partial charge >= 0.3 is 0 Å². The quantitative estimate of drug-likeness (QED) is 0.837. The van der Waals surface area contributed by atoms with Gasteiger partial charge in [0.1, 0.15) is 5.82 Å². The number of hydrogen-bond acceptors (Lipinski definition) is 1. The summed E-state index contributed by atoms with van der Waals surface area (Å²) in [7, 11) is 0. The minimum Gasteiger partial charge on any atom is -0.316 e. The van der Waals surface area contributed by atoms with Gasteiger partial charge in [-0.15, -0.1) is 0 Å². The van der Waals surface area contributed by atoms with E-state index in [1.165, 1.54) is 30.4 Å². The van der Waals surface area contributed by atoms with Crippen molar-refractivity contribution >= 4 is 0 Å². The van der Waals surface area contributed by atoms with Crippen LogP contribution in [-0.4, -0.2) is 13.1 Å². The largest absolute Gasteiger partial charge is 0.316 e. The molecule has 1 nitrogen and oxygen atoms in total. The Bertz CT molecular complexity index is 414. The van der Waals surface area contributed by atoms with Crippen LogP contribution >= 0.6 is 0 Å². The first-order chi connectivity index (χ1) is 9.08. The second-order valence-corrected chi connectivity index (χ2v) is 6.35. The Morgan fingerprint density at radius 2 is 2.11 bits per heavy atom. The van der Waals surface area contributed by atoms with Crippen LogP contribution in [0.4, 0.5) is 4.39 Å². The third-order valence-electron chi connectivity index (χ3n) is 4.26. The van der Waals surface area contributed by atoms with Gasteiger partial charge in [-0.1, -0.05) is 26.3 Å². The lowest BCUT2D eigenvalue weighted by atomic mass is 9.86. The van der Waals surface area contributed by atoms with Crippen molar-refractivity contribution in [3.63, 3.8) is 0 Å². The molecule has 106 valence electrons. The van der Waals surface area contributed by atoms with Crippen molar-refractivity contribution in [1.29, 1.82) is 0 Å². The van der Waals surface area contributed by atoms with Gasteiger partial charge in [-0.05, 0) is 73.9 Å². The van der Waals surface area contributed by atoms with Gasteiger partial charge < -0.3 is 5.32 Å². The number of rotatable bonds is 5. The molecular weight excluding hydrogens is 237 g/mol. The molecule has 0 spiro atoms. The zero-order valence-corrected chi connectivity index (χ0v) is 12.4. The highest BCUT2D eigenvalue weighted by molar-refractivity contribution is 5.31. The first-order valence-electron chi connectivity index (χ1n) is 7.54. The summed E-state index contributed by atoms with van der Waals surface area (Å²) in [5.74, 6) is 1.80. The third kappa shape index (κ3) is 3.79. The molecule has 0 aliphatic heterocycles.